The Kier molecular flexibility index (Phi) is 4.34. The predicted molar refractivity (Wildman–Crippen MR) is 67.6 cm³/mol. The maximum Gasteiger partial charge on any atom is 0.333 e. The highest BCUT2D eigenvalue weighted by Crippen LogP contribution is 2.20. The van der Waals surface area contributed by atoms with Gasteiger partial charge in [-0.2, -0.15) is 0 Å². The van der Waals surface area contributed by atoms with Gasteiger partial charge < -0.3 is 10.5 Å². The van der Waals surface area contributed by atoms with Crippen molar-refractivity contribution in [3.63, 3.8) is 0 Å². The molecular formula is C10H13IN2O3. The lowest BCUT2D eigenvalue weighted by Gasteiger charge is -2.33. The Morgan fingerprint density at radius 1 is 1.75 bits per heavy atom. The van der Waals surface area contributed by atoms with Gasteiger partial charge in [0.25, 0.3) is 5.91 Å². The van der Waals surface area contributed by atoms with E-state index in [0.29, 0.717) is 16.6 Å². The summed E-state index contributed by atoms with van der Waals surface area (Å²) in [4.78, 5) is 24.3. The molecule has 0 aromatic rings. The molecule has 1 amide bonds. The fourth-order valence-corrected chi connectivity index (χ4v) is 1.53. The van der Waals surface area contributed by atoms with E-state index in [0.717, 1.165) is 0 Å². The van der Waals surface area contributed by atoms with Crippen LogP contribution in [0.3, 0.4) is 0 Å². The van der Waals surface area contributed by atoms with Crippen LogP contribution in [0.15, 0.2) is 24.0 Å². The van der Waals surface area contributed by atoms with Crippen LogP contribution >= 0.6 is 22.6 Å². The summed E-state index contributed by atoms with van der Waals surface area (Å²) >= 11 is 2.10. The summed E-state index contributed by atoms with van der Waals surface area (Å²) in [6, 6.07) is -0.761. The van der Waals surface area contributed by atoms with Gasteiger partial charge in [0.15, 0.2) is 6.04 Å². The van der Waals surface area contributed by atoms with Crippen LogP contribution in [0.5, 0.6) is 0 Å². The van der Waals surface area contributed by atoms with E-state index in [9.17, 15) is 9.59 Å². The molecule has 0 saturated heterocycles. The van der Waals surface area contributed by atoms with Crippen LogP contribution in [0.25, 0.3) is 0 Å². The number of ether oxygens (including phenoxy) is 1. The quantitative estimate of drug-likeness (QED) is 0.345. The fourth-order valence-electron chi connectivity index (χ4n) is 1.31. The van der Waals surface area contributed by atoms with Crippen molar-refractivity contribution in [2.45, 2.75) is 13.0 Å². The molecule has 16 heavy (non-hydrogen) atoms. The van der Waals surface area contributed by atoms with Crippen molar-refractivity contribution in [1.82, 2.24) is 4.90 Å². The Labute approximate surface area is 107 Å². The van der Waals surface area contributed by atoms with Crippen LogP contribution < -0.4 is 5.73 Å². The third-order valence-corrected chi connectivity index (χ3v) is 2.49. The van der Waals surface area contributed by atoms with Crippen molar-refractivity contribution in [2.24, 2.45) is 5.73 Å². The van der Waals surface area contributed by atoms with Crippen molar-refractivity contribution in [3.05, 3.63) is 24.0 Å². The number of rotatable bonds is 5. The fraction of sp³-hybridized carbons (Fsp3) is 0.400. The molecule has 2 N–H and O–H groups in total. The molecule has 0 radical (unpaired) electrons. The molecule has 0 saturated carbocycles. The average Bonchev–Trinajstić information content (AvgIpc) is 2.24. The Hall–Kier alpha value is -1.05. The first-order chi connectivity index (χ1) is 7.49. The largest absolute Gasteiger partial charge is 0.463 e. The molecule has 1 unspecified atom stereocenters. The number of carbonyl (C=O) groups excluding carboxylic acids is 2. The smallest absolute Gasteiger partial charge is 0.333 e. The molecule has 1 heterocycles. The summed E-state index contributed by atoms with van der Waals surface area (Å²) < 4.78 is 5.69. The Morgan fingerprint density at radius 3 is 2.75 bits per heavy atom. The van der Waals surface area contributed by atoms with E-state index >= 15 is 0 Å². The molecule has 1 rings (SSSR count). The number of esters is 1. The van der Waals surface area contributed by atoms with Gasteiger partial charge in [-0.3, -0.25) is 9.69 Å². The van der Waals surface area contributed by atoms with E-state index in [1.54, 1.807) is 6.92 Å². The van der Waals surface area contributed by atoms with Gasteiger partial charge in [0.05, 0.1) is 0 Å². The maximum absolute atomic E-state index is 11.7. The topological polar surface area (TPSA) is 72.6 Å². The predicted octanol–water partition coefficient (Wildman–Crippen LogP) is 0.552. The summed E-state index contributed by atoms with van der Waals surface area (Å²) in [5.41, 5.74) is 6.04. The molecule has 6 heteroatoms. The van der Waals surface area contributed by atoms with Crippen LogP contribution in [0.1, 0.15) is 6.92 Å². The molecule has 0 fully saturated rings. The summed E-state index contributed by atoms with van der Waals surface area (Å²) in [5, 5.41) is 0. The number of nitrogens with two attached hydrogens (primary N) is 1. The molecule has 1 atom stereocenters. The number of hydrogen-bond acceptors (Lipinski definition) is 4. The minimum Gasteiger partial charge on any atom is -0.463 e. The summed E-state index contributed by atoms with van der Waals surface area (Å²) in [7, 11) is 0. The maximum atomic E-state index is 11.7. The van der Waals surface area contributed by atoms with E-state index in [-0.39, 0.29) is 11.6 Å². The highest BCUT2D eigenvalue weighted by atomic mass is 127. The molecular weight excluding hydrogens is 323 g/mol. The van der Waals surface area contributed by atoms with Gasteiger partial charge in [-0.25, -0.2) is 4.79 Å². The Bertz CT molecular complexity index is 365. The van der Waals surface area contributed by atoms with Gasteiger partial charge in [0.2, 0.25) is 0 Å². The van der Waals surface area contributed by atoms with Crippen molar-refractivity contribution in [2.75, 3.05) is 11.0 Å². The standard InChI is InChI=1S/C10H13IN2O3/c1-6(2)8(10(15)16-4-3-11)13-5-7(12)9(13)14/h5,8H,1,3-4,12H2,2H3. The molecule has 1 aliphatic rings. The van der Waals surface area contributed by atoms with Crippen molar-refractivity contribution >= 4 is 34.5 Å². The van der Waals surface area contributed by atoms with Crippen LogP contribution in [-0.4, -0.2) is 33.9 Å². The second-order valence-electron chi connectivity index (χ2n) is 3.40. The lowest BCUT2D eigenvalue weighted by molar-refractivity contribution is -0.151. The zero-order valence-electron chi connectivity index (χ0n) is 8.90. The number of halogens is 1. The van der Waals surface area contributed by atoms with Crippen molar-refractivity contribution in [3.8, 4) is 0 Å². The molecule has 0 aromatic heterocycles. The molecule has 0 aliphatic carbocycles. The monoisotopic (exact) mass is 336 g/mol. The first-order valence-electron chi connectivity index (χ1n) is 4.67. The normalized spacial score (nSPS) is 16.2. The van der Waals surface area contributed by atoms with Crippen LogP contribution in [-0.2, 0) is 14.3 Å². The first kappa shape index (κ1) is 13.0. The minimum atomic E-state index is -0.761. The Balaban J connectivity index is 2.73. The van der Waals surface area contributed by atoms with E-state index < -0.39 is 12.0 Å². The summed E-state index contributed by atoms with van der Waals surface area (Å²) in [5.74, 6) is -0.833. The van der Waals surface area contributed by atoms with E-state index in [2.05, 4.69) is 29.2 Å². The number of hydrogen-bond donors (Lipinski definition) is 1. The number of nitrogens with zero attached hydrogens (tertiary/aromatic N) is 1. The van der Waals surface area contributed by atoms with E-state index in [4.69, 9.17) is 10.5 Å². The van der Waals surface area contributed by atoms with Crippen LogP contribution in [0.4, 0.5) is 0 Å². The minimum absolute atomic E-state index is 0.146. The van der Waals surface area contributed by atoms with E-state index in [1.807, 2.05) is 0 Å². The van der Waals surface area contributed by atoms with Crippen molar-refractivity contribution < 1.29 is 14.3 Å². The van der Waals surface area contributed by atoms with Crippen LogP contribution in [0.2, 0.25) is 0 Å². The van der Waals surface area contributed by atoms with Gasteiger partial charge in [-0.1, -0.05) is 29.2 Å². The highest BCUT2D eigenvalue weighted by Gasteiger charge is 2.37. The first-order valence-corrected chi connectivity index (χ1v) is 6.19. The van der Waals surface area contributed by atoms with Gasteiger partial charge >= 0.3 is 5.97 Å². The SMILES string of the molecule is C=C(C)C(C(=O)OCCI)N1C=C(N)C1=O. The number of alkyl halides is 1. The average molecular weight is 336 g/mol. The van der Waals surface area contributed by atoms with Crippen molar-refractivity contribution in [1.29, 1.82) is 0 Å². The second kappa shape index (κ2) is 5.33. The van der Waals surface area contributed by atoms with Gasteiger partial charge in [-0.05, 0) is 12.5 Å². The molecule has 5 nitrogen and oxygen atoms in total. The van der Waals surface area contributed by atoms with E-state index in [1.165, 1.54) is 11.1 Å². The zero-order chi connectivity index (χ0) is 12.3. The molecule has 88 valence electrons. The van der Waals surface area contributed by atoms with Gasteiger partial charge in [0.1, 0.15) is 12.3 Å². The lowest BCUT2D eigenvalue weighted by Crippen LogP contribution is -2.50. The zero-order valence-corrected chi connectivity index (χ0v) is 11.1. The number of amides is 1. The third-order valence-electron chi connectivity index (χ3n) is 2.05. The Morgan fingerprint density at radius 2 is 2.38 bits per heavy atom. The summed E-state index contributed by atoms with van der Waals surface area (Å²) in [6.45, 7) is 5.68. The lowest BCUT2D eigenvalue weighted by atomic mass is 10.1. The highest BCUT2D eigenvalue weighted by molar-refractivity contribution is 14.1. The summed E-state index contributed by atoms with van der Waals surface area (Å²) in [6.07, 6.45) is 1.42. The molecule has 0 spiro atoms. The second-order valence-corrected chi connectivity index (χ2v) is 4.48. The number of carbonyl (C=O) groups is 2. The molecule has 0 bridgehead atoms. The molecule has 0 aromatic carbocycles. The molecule has 1 aliphatic heterocycles. The van der Waals surface area contributed by atoms with Gasteiger partial charge in [-0.15, -0.1) is 0 Å². The third kappa shape index (κ3) is 2.55. The van der Waals surface area contributed by atoms with Crippen LogP contribution in [0, 0.1) is 0 Å². The van der Waals surface area contributed by atoms with Gasteiger partial charge in [0, 0.05) is 10.6 Å².